The van der Waals surface area contributed by atoms with E-state index in [1.54, 1.807) is 0 Å². The average Bonchev–Trinajstić information content (AvgIpc) is 2.61. The molecule has 2 rings (SSSR count). The standard InChI is InChI=1S/C19H24N4S2/c1-14(2)16-8-10-17(11-9-16)21-19(25)23-22-18(24)20-13-12-15-6-4-3-5-7-15/h3-11,14H,12-13H2,1-2H3,(H2,20,22,24)(H2,21,23,25). The highest BCUT2D eigenvalue weighted by molar-refractivity contribution is 7.80. The average molecular weight is 373 g/mol. The maximum absolute atomic E-state index is 5.26. The molecule has 0 atom stereocenters. The van der Waals surface area contributed by atoms with Crippen molar-refractivity contribution in [3.8, 4) is 0 Å². The molecule has 0 unspecified atom stereocenters. The van der Waals surface area contributed by atoms with Gasteiger partial charge in [0.1, 0.15) is 0 Å². The zero-order chi connectivity index (χ0) is 18.1. The first kappa shape index (κ1) is 19.1. The molecule has 0 aromatic heterocycles. The predicted molar refractivity (Wildman–Crippen MR) is 114 cm³/mol. The maximum Gasteiger partial charge on any atom is 0.189 e. The van der Waals surface area contributed by atoms with Crippen LogP contribution in [0.25, 0.3) is 0 Å². The smallest absolute Gasteiger partial charge is 0.189 e. The van der Waals surface area contributed by atoms with E-state index < -0.39 is 0 Å². The van der Waals surface area contributed by atoms with Gasteiger partial charge in [0.05, 0.1) is 0 Å². The summed E-state index contributed by atoms with van der Waals surface area (Å²) in [6.07, 6.45) is 0.910. The molecule has 0 radical (unpaired) electrons. The van der Waals surface area contributed by atoms with Crippen molar-refractivity contribution in [3.63, 3.8) is 0 Å². The van der Waals surface area contributed by atoms with Crippen molar-refractivity contribution in [2.24, 2.45) is 0 Å². The maximum atomic E-state index is 5.26. The number of hydrogen-bond donors (Lipinski definition) is 4. The van der Waals surface area contributed by atoms with Crippen LogP contribution in [0.5, 0.6) is 0 Å². The summed E-state index contributed by atoms with van der Waals surface area (Å²) < 4.78 is 0. The molecule has 0 aliphatic heterocycles. The van der Waals surface area contributed by atoms with Gasteiger partial charge in [0, 0.05) is 12.2 Å². The lowest BCUT2D eigenvalue weighted by Gasteiger charge is -2.15. The number of nitrogens with one attached hydrogen (secondary N) is 4. The quantitative estimate of drug-likeness (QED) is 0.474. The first-order valence-electron chi connectivity index (χ1n) is 8.29. The first-order valence-corrected chi connectivity index (χ1v) is 9.11. The Morgan fingerprint density at radius 1 is 0.880 bits per heavy atom. The van der Waals surface area contributed by atoms with Crippen molar-refractivity contribution >= 4 is 40.3 Å². The molecule has 25 heavy (non-hydrogen) atoms. The summed E-state index contributed by atoms with van der Waals surface area (Å²) in [6, 6.07) is 18.5. The molecule has 0 aliphatic rings. The first-order chi connectivity index (χ1) is 12.0. The highest BCUT2D eigenvalue weighted by Crippen LogP contribution is 2.16. The summed E-state index contributed by atoms with van der Waals surface area (Å²) >= 11 is 10.5. The summed E-state index contributed by atoms with van der Waals surface area (Å²) in [5, 5.41) is 7.23. The molecule has 2 aromatic carbocycles. The van der Waals surface area contributed by atoms with Gasteiger partial charge in [-0.2, -0.15) is 0 Å². The molecule has 6 heteroatoms. The number of benzene rings is 2. The van der Waals surface area contributed by atoms with Gasteiger partial charge in [-0.15, -0.1) is 0 Å². The third kappa shape index (κ3) is 7.07. The minimum Gasteiger partial charge on any atom is -0.361 e. The highest BCUT2D eigenvalue weighted by Gasteiger charge is 2.01. The number of rotatable bonds is 5. The Labute approximate surface area is 160 Å². The fourth-order valence-electron chi connectivity index (χ4n) is 2.24. The van der Waals surface area contributed by atoms with Crippen molar-refractivity contribution in [2.45, 2.75) is 26.2 Å². The molecular weight excluding hydrogens is 348 g/mol. The van der Waals surface area contributed by atoms with Crippen LogP contribution >= 0.6 is 24.4 Å². The highest BCUT2D eigenvalue weighted by atomic mass is 32.1. The fourth-order valence-corrected chi connectivity index (χ4v) is 2.56. The Bertz CT molecular complexity index is 684. The van der Waals surface area contributed by atoms with Crippen LogP contribution in [0.3, 0.4) is 0 Å². The van der Waals surface area contributed by atoms with Crippen LogP contribution in [0.4, 0.5) is 5.69 Å². The van der Waals surface area contributed by atoms with Crippen LogP contribution in [-0.4, -0.2) is 16.8 Å². The van der Waals surface area contributed by atoms with Crippen molar-refractivity contribution < 1.29 is 0 Å². The number of hydrogen-bond acceptors (Lipinski definition) is 2. The molecule has 0 heterocycles. The molecule has 4 N–H and O–H groups in total. The monoisotopic (exact) mass is 372 g/mol. The van der Waals surface area contributed by atoms with E-state index >= 15 is 0 Å². The van der Waals surface area contributed by atoms with E-state index in [0.717, 1.165) is 18.7 Å². The molecule has 0 fully saturated rings. The minimum atomic E-state index is 0.463. The van der Waals surface area contributed by atoms with Gasteiger partial charge in [0.15, 0.2) is 10.2 Å². The van der Waals surface area contributed by atoms with Crippen LogP contribution in [-0.2, 0) is 6.42 Å². The zero-order valence-corrected chi connectivity index (χ0v) is 16.1. The SMILES string of the molecule is CC(C)c1ccc(NC(=S)NNC(=S)NCCc2ccccc2)cc1. The Hall–Kier alpha value is -2.18. The van der Waals surface area contributed by atoms with Crippen LogP contribution in [0.15, 0.2) is 54.6 Å². The normalized spacial score (nSPS) is 10.2. The van der Waals surface area contributed by atoms with E-state index in [1.165, 1.54) is 11.1 Å². The number of anilines is 1. The van der Waals surface area contributed by atoms with Crippen LogP contribution in [0, 0.1) is 0 Å². The van der Waals surface area contributed by atoms with Crippen molar-refractivity contribution in [1.29, 1.82) is 0 Å². The molecule has 2 aromatic rings. The van der Waals surface area contributed by atoms with E-state index in [4.69, 9.17) is 24.4 Å². The van der Waals surface area contributed by atoms with Crippen molar-refractivity contribution in [1.82, 2.24) is 16.2 Å². The van der Waals surface area contributed by atoms with Crippen LogP contribution in [0.2, 0.25) is 0 Å². The lowest BCUT2D eigenvalue weighted by molar-refractivity contribution is 0.796. The topological polar surface area (TPSA) is 48.1 Å². The Morgan fingerprint density at radius 3 is 2.16 bits per heavy atom. The fraction of sp³-hybridized carbons (Fsp3) is 0.263. The van der Waals surface area contributed by atoms with E-state index in [2.05, 4.69) is 59.6 Å². The molecule has 132 valence electrons. The lowest BCUT2D eigenvalue weighted by Crippen LogP contribution is -2.48. The van der Waals surface area contributed by atoms with Gasteiger partial charge in [0.25, 0.3) is 0 Å². The van der Waals surface area contributed by atoms with E-state index in [1.807, 2.05) is 30.3 Å². The Kier molecular flexibility index (Phi) is 7.63. The zero-order valence-electron chi connectivity index (χ0n) is 14.5. The van der Waals surface area contributed by atoms with E-state index in [9.17, 15) is 0 Å². The summed E-state index contributed by atoms with van der Waals surface area (Å²) in [6.45, 7) is 5.10. The predicted octanol–water partition coefficient (Wildman–Crippen LogP) is 3.72. The Balaban J connectivity index is 1.66. The molecule has 0 amide bonds. The number of thiocarbonyl (C=S) groups is 2. The van der Waals surface area contributed by atoms with E-state index in [-0.39, 0.29) is 0 Å². The summed E-state index contributed by atoms with van der Waals surface area (Å²) in [5.74, 6) is 0.514. The van der Waals surface area contributed by atoms with Gasteiger partial charge < -0.3 is 10.6 Å². The van der Waals surface area contributed by atoms with Crippen LogP contribution < -0.4 is 21.5 Å². The molecule has 0 spiro atoms. The molecule has 0 aliphatic carbocycles. The van der Waals surface area contributed by atoms with Gasteiger partial charge in [-0.1, -0.05) is 56.3 Å². The van der Waals surface area contributed by atoms with E-state index in [0.29, 0.717) is 16.1 Å². The summed E-state index contributed by atoms with van der Waals surface area (Å²) in [5.41, 5.74) is 9.27. The lowest BCUT2D eigenvalue weighted by atomic mass is 10.0. The van der Waals surface area contributed by atoms with Crippen molar-refractivity contribution in [2.75, 3.05) is 11.9 Å². The second-order valence-electron chi connectivity index (χ2n) is 5.97. The van der Waals surface area contributed by atoms with Gasteiger partial charge >= 0.3 is 0 Å². The third-order valence-corrected chi connectivity index (χ3v) is 4.12. The largest absolute Gasteiger partial charge is 0.361 e. The second kappa shape index (κ2) is 9.96. The molecule has 0 saturated carbocycles. The summed E-state index contributed by atoms with van der Waals surface area (Å²) in [7, 11) is 0. The van der Waals surface area contributed by atoms with Gasteiger partial charge in [-0.3, -0.25) is 10.9 Å². The van der Waals surface area contributed by atoms with Crippen LogP contribution in [0.1, 0.15) is 30.9 Å². The number of hydrazine groups is 1. The molecule has 4 nitrogen and oxygen atoms in total. The van der Waals surface area contributed by atoms with Gasteiger partial charge in [-0.25, -0.2) is 0 Å². The molecule has 0 bridgehead atoms. The molecule has 0 saturated heterocycles. The third-order valence-electron chi connectivity index (χ3n) is 3.67. The van der Waals surface area contributed by atoms with Gasteiger partial charge in [0.2, 0.25) is 0 Å². The Morgan fingerprint density at radius 2 is 1.52 bits per heavy atom. The molecular formula is C19H24N4S2. The van der Waals surface area contributed by atoms with Gasteiger partial charge in [-0.05, 0) is 60.0 Å². The minimum absolute atomic E-state index is 0.463. The van der Waals surface area contributed by atoms with Crippen molar-refractivity contribution in [3.05, 3.63) is 65.7 Å². The summed E-state index contributed by atoms with van der Waals surface area (Å²) in [4.78, 5) is 0. The second-order valence-corrected chi connectivity index (χ2v) is 6.79.